The number of phenolic OH excluding ortho intramolecular Hbond substituents is 3. The molecule has 11 nitrogen and oxygen atoms in total. The lowest BCUT2D eigenvalue weighted by Crippen LogP contribution is -2.62. The van der Waals surface area contributed by atoms with Crippen molar-refractivity contribution in [3.63, 3.8) is 0 Å². The molecule has 6 aromatic rings. The number of phenols is 3. The van der Waals surface area contributed by atoms with Crippen molar-refractivity contribution in [2.45, 2.75) is 138 Å². The summed E-state index contributed by atoms with van der Waals surface area (Å²) in [5.74, 6) is -1.97. The van der Waals surface area contributed by atoms with Crippen LogP contribution in [0, 0.1) is 29.1 Å². The van der Waals surface area contributed by atoms with Gasteiger partial charge in [0.15, 0.2) is 23.0 Å². The molecule has 0 bridgehead atoms. The molecule has 4 fully saturated rings. The van der Waals surface area contributed by atoms with Crippen molar-refractivity contribution >= 4 is 28.8 Å². The summed E-state index contributed by atoms with van der Waals surface area (Å²) in [4.78, 5) is 30.2. The van der Waals surface area contributed by atoms with Crippen LogP contribution in [0.5, 0.6) is 28.7 Å². The SMILES string of the molecule is COc1cc2c(cc1O)C1CC(O)C3Cc4cc(O)c(OC)cc4C4CC(OC(=O)C5(c6ccc7cc(O)cc(-c8ccccc8)c7c6)CCCC5CCC5(O)CCCC5)CC(OC(C)=O)C(C2)C1(C=Cc1ccccc1)C43. The molecular formula is C67H72O11. The Labute approximate surface area is 456 Å². The number of allylic oxidation sites excluding steroid dienone is 1. The van der Waals surface area contributed by atoms with Gasteiger partial charge in [-0.1, -0.05) is 104 Å². The predicted octanol–water partition coefficient (Wildman–Crippen LogP) is 12.4. The number of hydrogen-bond acceptors (Lipinski definition) is 11. The van der Waals surface area contributed by atoms with E-state index in [4.69, 9.17) is 18.9 Å². The smallest absolute Gasteiger partial charge is 0.317 e. The van der Waals surface area contributed by atoms with Crippen LogP contribution >= 0.6 is 0 Å². The summed E-state index contributed by atoms with van der Waals surface area (Å²) in [6.07, 6.45) is 10.6. The average molecular weight is 1050 g/mol. The summed E-state index contributed by atoms with van der Waals surface area (Å²) in [6, 6.07) is 37.2. The number of fused-ring (bicyclic) bond motifs is 5. The van der Waals surface area contributed by atoms with Crippen molar-refractivity contribution in [2.75, 3.05) is 14.2 Å². The van der Waals surface area contributed by atoms with Gasteiger partial charge in [-0.05, 0) is 192 Å². The highest BCUT2D eigenvalue weighted by atomic mass is 16.6. The lowest BCUT2D eigenvalue weighted by atomic mass is 9.40. The van der Waals surface area contributed by atoms with Crippen LogP contribution in [-0.4, -0.2) is 75.6 Å². The monoisotopic (exact) mass is 1050 g/mol. The van der Waals surface area contributed by atoms with E-state index in [1.807, 2.05) is 72.8 Å². The Hall–Kier alpha value is -6.82. The Kier molecular flexibility index (Phi) is 13.6. The van der Waals surface area contributed by atoms with E-state index in [0.717, 1.165) is 93.8 Å². The van der Waals surface area contributed by atoms with E-state index in [2.05, 4.69) is 30.4 Å². The maximum absolute atomic E-state index is 16.4. The first kappa shape index (κ1) is 51.9. The molecular weight excluding hydrogens is 981 g/mol. The van der Waals surface area contributed by atoms with Crippen molar-refractivity contribution in [2.24, 2.45) is 29.1 Å². The zero-order chi connectivity index (χ0) is 54.1. The number of methoxy groups -OCH3 is 2. The molecule has 0 amide bonds. The number of esters is 2. The normalized spacial score (nSPS) is 29.6. The Morgan fingerprint density at radius 3 is 2.19 bits per heavy atom. The van der Waals surface area contributed by atoms with Gasteiger partial charge in [-0.3, -0.25) is 9.59 Å². The summed E-state index contributed by atoms with van der Waals surface area (Å²) in [5, 5.41) is 60.4. The van der Waals surface area contributed by atoms with E-state index in [1.54, 1.807) is 31.4 Å². The molecule has 6 aliphatic carbocycles. The molecule has 11 atom stereocenters. The van der Waals surface area contributed by atoms with Crippen LogP contribution in [-0.2, 0) is 37.3 Å². The number of hydrogen-bond donors (Lipinski definition) is 5. The molecule has 5 N–H and O–H groups in total. The number of aliphatic hydroxyl groups excluding tert-OH is 1. The minimum absolute atomic E-state index is 0.00556. The molecule has 0 aromatic heterocycles. The Morgan fingerprint density at radius 2 is 1.45 bits per heavy atom. The average Bonchev–Trinajstić information content (AvgIpc) is 4.19. The number of rotatable bonds is 12. The van der Waals surface area contributed by atoms with Crippen molar-refractivity contribution in [3.05, 3.63) is 155 Å². The molecule has 78 heavy (non-hydrogen) atoms. The topological polar surface area (TPSA) is 172 Å². The molecule has 11 unspecified atom stereocenters. The molecule has 0 aliphatic heterocycles. The minimum Gasteiger partial charge on any atom is -0.508 e. The Balaban J connectivity index is 1.04. The van der Waals surface area contributed by atoms with Crippen molar-refractivity contribution in [1.82, 2.24) is 0 Å². The number of aliphatic hydroxyl groups is 2. The summed E-state index contributed by atoms with van der Waals surface area (Å²) in [5.41, 5.74) is 4.58. The van der Waals surface area contributed by atoms with E-state index in [9.17, 15) is 30.3 Å². The van der Waals surface area contributed by atoms with Crippen LogP contribution < -0.4 is 9.47 Å². The van der Waals surface area contributed by atoms with Gasteiger partial charge in [0, 0.05) is 24.7 Å². The fourth-order valence-electron chi connectivity index (χ4n) is 16.6. The highest BCUT2D eigenvalue weighted by Crippen LogP contribution is 2.70. The van der Waals surface area contributed by atoms with E-state index >= 15 is 4.79 Å². The first-order chi connectivity index (χ1) is 37.7. The van der Waals surface area contributed by atoms with Gasteiger partial charge in [-0.15, -0.1) is 0 Å². The zero-order valence-corrected chi connectivity index (χ0v) is 44.9. The number of carbonyl (C=O) groups is 2. The molecule has 0 saturated heterocycles. The Bertz CT molecular complexity index is 3270. The van der Waals surface area contributed by atoms with Crippen LogP contribution in [0.2, 0.25) is 0 Å². The number of aromatic hydroxyl groups is 3. The molecule has 11 heteroatoms. The van der Waals surface area contributed by atoms with Gasteiger partial charge < -0.3 is 44.5 Å². The van der Waals surface area contributed by atoms with Crippen LogP contribution in [0.1, 0.15) is 129 Å². The molecule has 6 aromatic carbocycles. The molecule has 6 aliphatic rings. The van der Waals surface area contributed by atoms with Gasteiger partial charge in [0.2, 0.25) is 0 Å². The van der Waals surface area contributed by atoms with Crippen molar-refractivity contribution < 1.29 is 54.1 Å². The molecule has 0 heterocycles. The van der Waals surface area contributed by atoms with Gasteiger partial charge in [-0.25, -0.2) is 0 Å². The van der Waals surface area contributed by atoms with Gasteiger partial charge in [0.05, 0.1) is 31.3 Å². The first-order valence-corrected chi connectivity index (χ1v) is 28.4. The maximum Gasteiger partial charge on any atom is 0.317 e. The second-order valence-electron chi connectivity index (χ2n) is 23.8. The van der Waals surface area contributed by atoms with Gasteiger partial charge in [0.25, 0.3) is 0 Å². The molecule has 0 radical (unpaired) electrons. The lowest BCUT2D eigenvalue weighted by Gasteiger charge is -2.64. The highest BCUT2D eigenvalue weighted by molar-refractivity contribution is 5.99. The Morgan fingerprint density at radius 1 is 0.731 bits per heavy atom. The highest BCUT2D eigenvalue weighted by Gasteiger charge is 2.66. The third-order valence-electron chi connectivity index (χ3n) is 19.9. The summed E-state index contributed by atoms with van der Waals surface area (Å²) >= 11 is 0. The zero-order valence-electron chi connectivity index (χ0n) is 44.9. The summed E-state index contributed by atoms with van der Waals surface area (Å²) < 4.78 is 25.6. The van der Waals surface area contributed by atoms with E-state index in [0.29, 0.717) is 56.4 Å². The molecule has 0 spiro atoms. The molecule has 12 rings (SSSR count). The molecule has 406 valence electrons. The number of carbonyl (C=O) groups excluding carboxylic acids is 2. The summed E-state index contributed by atoms with van der Waals surface area (Å²) in [7, 11) is 3.07. The largest absolute Gasteiger partial charge is 0.508 e. The first-order valence-electron chi connectivity index (χ1n) is 28.4. The second-order valence-corrected chi connectivity index (χ2v) is 23.8. The summed E-state index contributed by atoms with van der Waals surface area (Å²) in [6.45, 7) is 1.44. The van der Waals surface area contributed by atoms with Gasteiger partial charge in [0.1, 0.15) is 18.0 Å². The van der Waals surface area contributed by atoms with Crippen LogP contribution in [0.25, 0.3) is 28.0 Å². The minimum atomic E-state index is -1.12. The van der Waals surface area contributed by atoms with Crippen molar-refractivity contribution in [1.29, 1.82) is 0 Å². The van der Waals surface area contributed by atoms with Crippen LogP contribution in [0.15, 0.2) is 121 Å². The van der Waals surface area contributed by atoms with Gasteiger partial charge >= 0.3 is 11.9 Å². The van der Waals surface area contributed by atoms with Crippen LogP contribution in [0.3, 0.4) is 0 Å². The predicted molar refractivity (Wildman–Crippen MR) is 299 cm³/mol. The molecule has 4 saturated carbocycles. The maximum atomic E-state index is 16.4. The third-order valence-corrected chi connectivity index (χ3v) is 19.9. The second kappa shape index (κ2) is 20.4. The lowest BCUT2D eigenvalue weighted by molar-refractivity contribution is -0.179. The number of benzene rings is 6. The number of ether oxygens (including phenoxy) is 4. The fourth-order valence-corrected chi connectivity index (χ4v) is 16.6. The third kappa shape index (κ3) is 8.89. The van der Waals surface area contributed by atoms with Crippen LogP contribution in [0.4, 0.5) is 0 Å². The van der Waals surface area contributed by atoms with E-state index < -0.39 is 46.6 Å². The van der Waals surface area contributed by atoms with E-state index in [-0.39, 0.29) is 59.2 Å². The van der Waals surface area contributed by atoms with Crippen molar-refractivity contribution in [3.8, 4) is 39.9 Å². The standard InChI is InChI=1S/C67H72O11/c1-39(68)77-60-35-48(78-64(73)66(24-12-17-45(66)21-25-65(74)22-10-11-23-65)46-19-18-42-27-47(69)33-50(49(42)32-46)41-15-8-5-9-16-41)34-53-51-37-62(76-3)58(71)30-43(51)28-54-57(70)38-55-52-36-59(72)61(75-2)31-44(52)29-56(60)67(55,63(53)54)26-20-40-13-6-4-7-14-40/h4-9,13-16,18-20,26-27,30-33,36-37,45,48,53-57,60,63,69-72,74H,10-12,17,21-25,28-29,34-35,38H2,1-3H3. The fraction of sp³-hybridized carbons (Fsp3) is 0.433. The quantitative estimate of drug-likeness (QED) is 0.0739. The van der Waals surface area contributed by atoms with Gasteiger partial charge in [-0.2, -0.15) is 0 Å². The van der Waals surface area contributed by atoms with E-state index in [1.165, 1.54) is 14.0 Å².